The number of carbonyl (C=O) groups excluding carboxylic acids is 1. The first kappa shape index (κ1) is 17.4. The molecule has 3 rings (SSSR count). The second-order valence-corrected chi connectivity index (χ2v) is 6.19. The van der Waals surface area contributed by atoms with Crippen LogP contribution in [0.1, 0.15) is 16.9 Å². The van der Waals surface area contributed by atoms with Gasteiger partial charge in [0.1, 0.15) is 11.4 Å². The van der Waals surface area contributed by atoms with Gasteiger partial charge in [0.15, 0.2) is 0 Å². The molecule has 25 heavy (non-hydrogen) atoms. The average molecular weight is 342 g/mol. The van der Waals surface area contributed by atoms with Crippen LogP contribution in [-0.4, -0.2) is 62.2 Å². The molecule has 2 aromatic rings. The van der Waals surface area contributed by atoms with E-state index in [9.17, 15) is 4.79 Å². The zero-order chi connectivity index (χ0) is 17.5. The molecule has 2 N–H and O–H groups in total. The molecule has 134 valence electrons. The number of ether oxygens (including phenoxy) is 1. The largest absolute Gasteiger partial charge is 0.495 e. The van der Waals surface area contributed by atoms with Gasteiger partial charge in [0.2, 0.25) is 0 Å². The monoisotopic (exact) mass is 342 g/mol. The molecular formula is C19H26N4O2. The lowest BCUT2D eigenvalue weighted by Crippen LogP contribution is -2.47. The molecule has 1 aromatic carbocycles. The summed E-state index contributed by atoms with van der Waals surface area (Å²) in [7, 11) is 1.72. The van der Waals surface area contributed by atoms with Gasteiger partial charge < -0.3 is 19.9 Å². The molecule has 1 aliphatic rings. The van der Waals surface area contributed by atoms with Crippen LogP contribution in [0.5, 0.6) is 5.75 Å². The highest BCUT2D eigenvalue weighted by Crippen LogP contribution is 2.28. The van der Waals surface area contributed by atoms with E-state index in [1.54, 1.807) is 19.4 Å². The van der Waals surface area contributed by atoms with E-state index in [2.05, 4.69) is 32.2 Å². The molecule has 0 bridgehead atoms. The summed E-state index contributed by atoms with van der Waals surface area (Å²) in [5.41, 5.74) is 1.79. The van der Waals surface area contributed by atoms with Crippen molar-refractivity contribution < 1.29 is 9.53 Å². The fourth-order valence-electron chi connectivity index (χ4n) is 3.17. The number of nitrogens with one attached hydrogen (secondary N) is 2. The van der Waals surface area contributed by atoms with Gasteiger partial charge in [-0.25, -0.2) is 0 Å². The van der Waals surface area contributed by atoms with E-state index in [0.717, 1.165) is 44.9 Å². The Hall–Kier alpha value is -2.47. The van der Waals surface area contributed by atoms with E-state index >= 15 is 0 Å². The predicted octanol–water partition coefficient (Wildman–Crippen LogP) is 1.97. The van der Waals surface area contributed by atoms with Crippen molar-refractivity contribution in [2.45, 2.75) is 6.42 Å². The lowest BCUT2D eigenvalue weighted by Gasteiger charge is -2.36. The second kappa shape index (κ2) is 8.58. The number of aromatic amines is 1. The Bertz CT molecular complexity index is 664. The van der Waals surface area contributed by atoms with Crippen LogP contribution in [0.4, 0.5) is 5.69 Å². The van der Waals surface area contributed by atoms with Crippen molar-refractivity contribution in [1.29, 1.82) is 0 Å². The zero-order valence-electron chi connectivity index (χ0n) is 14.7. The third-order valence-electron chi connectivity index (χ3n) is 4.58. The molecule has 0 atom stereocenters. The maximum absolute atomic E-state index is 11.8. The number of piperazine rings is 1. The molecule has 1 saturated heterocycles. The van der Waals surface area contributed by atoms with Gasteiger partial charge in [-0.1, -0.05) is 12.1 Å². The fourth-order valence-corrected chi connectivity index (χ4v) is 3.17. The smallest absolute Gasteiger partial charge is 0.267 e. The van der Waals surface area contributed by atoms with Crippen LogP contribution in [0.3, 0.4) is 0 Å². The number of carbonyl (C=O) groups is 1. The van der Waals surface area contributed by atoms with E-state index in [1.165, 1.54) is 5.69 Å². The number of rotatable bonds is 7. The van der Waals surface area contributed by atoms with Crippen LogP contribution >= 0.6 is 0 Å². The summed E-state index contributed by atoms with van der Waals surface area (Å²) < 4.78 is 5.46. The molecule has 1 aliphatic heterocycles. The number of H-pyrrole nitrogens is 1. The van der Waals surface area contributed by atoms with Crippen LogP contribution in [-0.2, 0) is 0 Å². The Morgan fingerprint density at radius 2 is 1.96 bits per heavy atom. The zero-order valence-corrected chi connectivity index (χ0v) is 14.7. The summed E-state index contributed by atoms with van der Waals surface area (Å²) in [6, 6.07) is 11.8. The quantitative estimate of drug-likeness (QED) is 0.755. The molecule has 0 spiro atoms. The highest BCUT2D eigenvalue weighted by atomic mass is 16.5. The van der Waals surface area contributed by atoms with Crippen molar-refractivity contribution >= 4 is 11.6 Å². The Kier molecular flexibility index (Phi) is 5.95. The van der Waals surface area contributed by atoms with Crippen molar-refractivity contribution in [1.82, 2.24) is 15.2 Å². The first-order valence-corrected chi connectivity index (χ1v) is 8.80. The number of methoxy groups -OCH3 is 1. The van der Waals surface area contributed by atoms with Crippen LogP contribution < -0.4 is 15.0 Å². The summed E-state index contributed by atoms with van der Waals surface area (Å²) in [5.74, 6) is 0.897. The SMILES string of the molecule is COc1ccccc1N1CCN(CCCNC(=O)c2ccc[nH]2)CC1. The van der Waals surface area contributed by atoms with Gasteiger partial charge in [-0.05, 0) is 37.2 Å². The van der Waals surface area contributed by atoms with Gasteiger partial charge in [0, 0.05) is 38.9 Å². The van der Waals surface area contributed by atoms with Gasteiger partial charge >= 0.3 is 0 Å². The standard InChI is InChI=1S/C19H26N4O2/c1-25-18-8-3-2-7-17(18)23-14-12-22(13-15-23)11-5-10-21-19(24)16-6-4-9-20-16/h2-4,6-9,20H,5,10-15H2,1H3,(H,21,24). The van der Waals surface area contributed by atoms with Crippen LogP contribution in [0.2, 0.25) is 0 Å². The Morgan fingerprint density at radius 3 is 2.68 bits per heavy atom. The van der Waals surface area contributed by atoms with Gasteiger partial charge in [0.05, 0.1) is 12.8 Å². The minimum Gasteiger partial charge on any atom is -0.495 e. The predicted molar refractivity (Wildman–Crippen MR) is 99.4 cm³/mol. The number of nitrogens with zero attached hydrogens (tertiary/aromatic N) is 2. The van der Waals surface area contributed by atoms with Gasteiger partial charge in [0.25, 0.3) is 5.91 Å². The molecule has 0 radical (unpaired) electrons. The van der Waals surface area contributed by atoms with E-state index < -0.39 is 0 Å². The molecule has 1 amide bonds. The van der Waals surface area contributed by atoms with E-state index in [0.29, 0.717) is 12.2 Å². The number of hydrogen-bond acceptors (Lipinski definition) is 4. The normalized spacial score (nSPS) is 15.2. The average Bonchev–Trinajstić information content (AvgIpc) is 3.20. The van der Waals surface area contributed by atoms with Crippen LogP contribution in [0.25, 0.3) is 0 Å². The summed E-state index contributed by atoms with van der Waals surface area (Å²) in [6.07, 6.45) is 2.72. The molecule has 1 fully saturated rings. The van der Waals surface area contributed by atoms with E-state index in [4.69, 9.17) is 4.74 Å². The molecule has 1 aromatic heterocycles. The molecule has 6 heteroatoms. The molecule has 0 saturated carbocycles. The van der Waals surface area contributed by atoms with Gasteiger partial charge in [-0.3, -0.25) is 9.69 Å². The van der Waals surface area contributed by atoms with E-state index in [-0.39, 0.29) is 5.91 Å². The highest BCUT2D eigenvalue weighted by Gasteiger charge is 2.19. The Balaban J connectivity index is 1.37. The van der Waals surface area contributed by atoms with Gasteiger partial charge in [-0.2, -0.15) is 0 Å². The van der Waals surface area contributed by atoms with Crippen molar-refractivity contribution in [3.8, 4) is 5.75 Å². The fraction of sp³-hybridized carbons (Fsp3) is 0.421. The number of aromatic nitrogens is 1. The van der Waals surface area contributed by atoms with E-state index in [1.807, 2.05) is 18.2 Å². The first-order valence-electron chi connectivity index (χ1n) is 8.80. The second-order valence-electron chi connectivity index (χ2n) is 6.19. The molecule has 2 heterocycles. The third kappa shape index (κ3) is 4.54. The summed E-state index contributed by atoms with van der Waals surface area (Å²) >= 11 is 0. The Morgan fingerprint density at radius 1 is 1.16 bits per heavy atom. The third-order valence-corrected chi connectivity index (χ3v) is 4.58. The number of amides is 1. The first-order chi connectivity index (χ1) is 12.3. The minimum absolute atomic E-state index is 0.0361. The summed E-state index contributed by atoms with van der Waals surface area (Å²) in [4.78, 5) is 19.6. The molecule has 0 aliphatic carbocycles. The molecular weight excluding hydrogens is 316 g/mol. The summed E-state index contributed by atoms with van der Waals surface area (Å²) in [5, 5.41) is 2.95. The molecule has 0 unspecified atom stereocenters. The Labute approximate surface area is 148 Å². The topological polar surface area (TPSA) is 60.6 Å². The lowest BCUT2D eigenvalue weighted by atomic mass is 10.2. The van der Waals surface area contributed by atoms with Gasteiger partial charge in [-0.15, -0.1) is 0 Å². The molecule has 6 nitrogen and oxygen atoms in total. The van der Waals surface area contributed by atoms with Crippen molar-refractivity contribution in [2.75, 3.05) is 51.3 Å². The highest BCUT2D eigenvalue weighted by molar-refractivity contribution is 5.92. The van der Waals surface area contributed by atoms with Crippen LogP contribution in [0, 0.1) is 0 Å². The number of para-hydroxylation sites is 2. The number of anilines is 1. The maximum atomic E-state index is 11.8. The van der Waals surface area contributed by atoms with Crippen molar-refractivity contribution in [3.05, 3.63) is 48.3 Å². The number of benzene rings is 1. The van der Waals surface area contributed by atoms with Crippen molar-refractivity contribution in [3.63, 3.8) is 0 Å². The minimum atomic E-state index is -0.0361. The van der Waals surface area contributed by atoms with Crippen molar-refractivity contribution in [2.24, 2.45) is 0 Å². The van der Waals surface area contributed by atoms with Crippen LogP contribution in [0.15, 0.2) is 42.6 Å². The summed E-state index contributed by atoms with van der Waals surface area (Å²) in [6.45, 7) is 5.75. The lowest BCUT2D eigenvalue weighted by molar-refractivity contribution is 0.0947. The number of hydrogen-bond donors (Lipinski definition) is 2. The maximum Gasteiger partial charge on any atom is 0.267 e.